The highest BCUT2D eigenvalue weighted by Gasteiger charge is 2.57. The molecule has 0 saturated carbocycles. The summed E-state index contributed by atoms with van der Waals surface area (Å²) in [6.07, 6.45) is 4.12. The molecule has 0 radical (unpaired) electrons. The van der Waals surface area contributed by atoms with Crippen LogP contribution in [0.1, 0.15) is 104 Å². The first-order valence-corrected chi connectivity index (χ1v) is 18.5. The Kier molecular flexibility index (Phi) is 15.9. The summed E-state index contributed by atoms with van der Waals surface area (Å²) in [5.74, 6) is -4.30. The normalized spacial score (nSPS) is 36.4. The highest BCUT2D eigenvalue weighted by atomic mass is 16.7. The zero-order chi connectivity index (χ0) is 37.0. The Morgan fingerprint density at radius 1 is 0.980 bits per heavy atom. The molecular formula is C37H58O14. The molecule has 2 unspecified atom stereocenters. The van der Waals surface area contributed by atoms with Gasteiger partial charge in [0.15, 0.2) is 18.7 Å². The van der Waals surface area contributed by atoms with Gasteiger partial charge in [-0.25, -0.2) is 4.79 Å². The van der Waals surface area contributed by atoms with E-state index >= 15 is 0 Å². The Balaban J connectivity index is 1.68. The molecular weight excluding hydrogens is 668 g/mol. The van der Waals surface area contributed by atoms with E-state index < -0.39 is 72.7 Å². The molecule has 290 valence electrons. The molecule has 9 atom stereocenters. The summed E-state index contributed by atoms with van der Waals surface area (Å²) < 4.78 is 46.8. The predicted molar refractivity (Wildman–Crippen MR) is 181 cm³/mol. The molecule has 14 heteroatoms. The van der Waals surface area contributed by atoms with Crippen LogP contribution >= 0.6 is 0 Å². The standard InChI is InChI=1S/C37H58O14/c1-5-6-7-8-9-10-30(40)50-35-24(18-31(41)44-4)17-28-22-29(23-38)47-32(42)19-25(39)20-34-46-16-13-27(49-34)21-26-12-15-45-33(48-26)11-14-36(2,3)37(35,43)51-28/h11,14,18,25-29,33-35,38-39,43H,5-10,12-13,15-17,19-23H2,1-4H3/b14-11+,24-18+/t25-,26?,27?,28-,29+,33-,34+,35-,37+/m0/s1. The first-order valence-electron chi connectivity index (χ1n) is 18.5. The number of hydrogen-bond donors (Lipinski definition) is 3. The van der Waals surface area contributed by atoms with Gasteiger partial charge in [0.05, 0.1) is 57.8 Å². The first kappa shape index (κ1) is 41.3. The van der Waals surface area contributed by atoms with E-state index in [1.165, 1.54) is 13.2 Å². The molecule has 3 N–H and O–H groups in total. The van der Waals surface area contributed by atoms with Crippen LogP contribution < -0.4 is 0 Å². The molecule has 4 aliphatic heterocycles. The van der Waals surface area contributed by atoms with Crippen molar-refractivity contribution >= 4 is 17.9 Å². The minimum atomic E-state index is -2.26. The van der Waals surface area contributed by atoms with Gasteiger partial charge in [-0.1, -0.05) is 52.5 Å². The fourth-order valence-corrected chi connectivity index (χ4v) is 6.92. The molecule has 4 rings (SSSR count). The minimum Gasteiger partial charge on any atom is -0.466 e. The second-order valence-electron chi connectivity index (χ2n) is 14.5. The number of hydrogen-bond acceptors (Lipinski definition) is 14. The Morgan fingerprint density at radius 3 is 2.43 bits per heavy atom. The van der Waals surface area contributed by atoms with E-state index in [1.807, 2.05) is 0 Å². The van der Waals surface area contributed by atoms with E-state index in [0.29, 0.717) is 38.9 Å². The molecule has 4 heterocycles. The molecule has 0 amide bonds. The smallest absolute Gasteiger partial charge is 0.330 e. The van der Waals surface area contributed by atoms with Gasteiger partial charge < -0.3 is 53.2 Å². The lowest BCUT2D eigenvalue weighted by Gasteiger charge is -2.51. The van der Waals surface area contributed by atoms with Gasteiger partial charge in [0.25, 0.3) is 0 Å². The van der Waals surface area contributed by atoms with Crippen LogP contribution in [0.25, 0.3) is 0 Å². The van der Waals surface area contributed by atoms with Crippen molar-refractivity contribution < 1.29 is 67.6 Å². The monoisotopic (exact) mass is 726 g/mol. The van der Waals surface area contributed by atoms with E-state index in [0.717, 1.165) is 25.7 Å². The lowest BCUT2D eigenvalue weighted by atomic mass is 9.74. The van der Waals surface area contributed by atoms with Gasteiger partial charge in [-0.15, -0.1) is 0 Å². The van der Waals surface area contributed by atoms with E-state index in [-0.39, 0.29) is 49.9 Å². The zero-order valence-corrected chi connectivity index (χ0v) is 30.5. The molecule has 51 heavy (non-hydrogen) atoms. The van der Waals surface area contributed by atoms with Crippen LogP contribution in [0.5, 0.6) is 0 Å². The van der Waals surface area contributed by atoms with Crippen molar-refractivity contribution in [2.45, 2.75) is 159 Å². The zero-order valence-electron chi connectivity index (χ0n) is 30.5. The Morgan fingerprint density at radius 2 is 1.71 bits per heavy atom. The summed E-state index contributed by atoms with van der Waals surface area (Å²) in [5, 5.41) is 33.5. The molecule has 4 aliphatic rings. The summed E-state index contributed by atoms with van der Waals surface area (Å²) >= 11 is 0. The van der Waals surface area contributed by atoms with Crippen LogP contribution in [0.15, 0.2) is 23.8 Å². The van der Waals surface area contributed by atoms with Crippen molar-refractivity contribution in [3.05, 3.63) is 23.8 Å². The molecule has 3 saturated heterocycles. The summed E-state index contributed by atoms with van der Waals surface area (Å²) in [6.45, 7) is 5.76. The van der Waals surface area contributed by atoms with E-state index in [1.54, 1.807) is 26.0 Å². The Bertz CT molecular complexity index is 1200. The number of carbonyl (C=O) groups excluding carboxylic acids is 3. The summed E-state index contributed by atoms with van der Waals surface area (Å²) in [4.78, 5) is 38.8. The van der Waals surface area contributed by atoms with Crippen molar-refractivity contribution in [1.82, 2.24) is 0 Å². The fourth-order valence-electron chi connectivity index (χ4n) is 6.92. The molecule has 14 nitrogen and oxygen atoms in total. The number of aliphatic hydroxyl groups excluding tert-OH is 2. The average molecular weight is 727 g/mol. The van der Waals surface area contributed by atoms with Gasteiger partial charge in [-0.3, -0.25) is 9.59 Å². The summed E-state index contributed by atoms with van der Waals surface area (Å²) in [5.41, 5.74) is -1.07. The van der Waals surface area contributed by atoms with Gasteiger partial charge in [-0.2, -0.15) is 0 Å². The van der Waals surface area contributed by atoms with E-state index in [9.17, 15) is 29.7 Å². The number of unbranched alkanes of at least 4 members (excludes halogenated alkanes) is 4. The molecule has 0 aliphatic carbocycles. The Labute approximate surface area is 300 Å². The molecule has 6 bridgehead atoms. The summed E-state index contributed by atoms with van der Waals surface area (Å²) in [6, 6.07) is 0. The van der Waals surface area contributed by atoms with Crippen molar-refractivity contribution in [2.24, 2.45) is 5.41 Å². The molecule has 0 aromatic rings. The maximum atomic E-state index is 13.3. The van der Waals surface area contributed by atoms with E-state index in [4.69, 9.17) is 37.9 Å². The number of cyclic esters (lactones) is 1. The minimum absolute atomic E-state index is 0.0175. The topological polar surface area (TPSA) is 186 Å². The molecule has 0 aromatic carbocycles. The average Bonchev–Trinajstić information content (AvgIpc) is 3.08. The molecule has 3 fully saturated rings. The SMILES string of the molecule is CCCCCCCC(=O)O[C@H]1/C(=C/C(=O)OC)C[C@H]2C[C@H](CO)OC(=O)C[C@H](O)C[C@@H]3OCCC(CC4CCO[C@H](/C=C/C(C)(C)[C@]1(O)O2)O4)O3. The molecule has 0 spiro atoms. The number of rotatable bonds is 9. The van der Waals surface area contributed by atoms with Crippen LogP contribution in [-0.2, 0) is 52.3 Å². The largest absolute Gasteiger partial charge is 0.466 e. The number of aliphatic hydroxyl groups is 3. The predicted octanol–water partition coefficient (Wildman–Crippen LogP) is 3.52. The van der Waals surface area contributed by atoms with Crippen LogP contribution in [0, 0.1) is 5.41 Å². The van der Waals surface area contributed by atoms with Crippen molar-refractivity contribution in [1.29, 1.82) is 0 Å². The van der Waals surface area contributed by atoms with Crippen LogP contribution in [0.4, 0.5) is 0 Å². The lowest BCUT2D eigenvalue weighted by molar-refractivity contribution is -0.327. The fraction of sp³-hybridized carbons (Fsp3) is 0.811. The van der Waals surface area contributed by atoms with Gasteiger partial charge in [0, 0.05) is 37.2 Å². The number of methoxy groups -OCH3 is 1. The number of esters is 3. The summed E-state index contributed by atoms with van der Waals surface area (Å²) in [7, 11) is 1.21. The first-order chi connectivity index (χ1) is 24.3. The maximum Gasteiger partial charge on any atom is 0.330 e. The Hall–Kier alpha value is -2.43. The van der Waals surface area contributed by atoms with Crippen LogP contribution in [0.2, 0.25) is 0 Å². The third kappa shape index (κ3) is 12.0. The second kappa shape index (κ2) is 19.6. The van der Waals surface area contributed by atoms with Gasteiger partial charge in [-0.05, 0) is 37.3 Å². The highest BCUT2D eigenvalue weighted by Crippen LogP contribution is 2.47. The molecule has 0 aromatic heterocycles. The van der Waals surface area contributed by atoms with E-state index in [2.05, 4.69) is 6.92 Å². The second-order valence-corrected chi connectivity index (χ2v) is 14.5. The van der Waals surface area contributed by atoms with Crippen molar-refractivity contribution in [3.8, 4) is 0 Å². The maximum absolute atomic E-state index is 13.3. The van der Waals surface area contributed by atoms with Crippen LogP contribution in [-0.4, -0.2) is 115 Å². The van der Waals surface area contributed by atoms with Crippen molar-refractivity contribution in [2.75, 3.05) is 26.9 Å². The van der Waals surface area contributed by atoms with Crippen molar-refractivity contribution in [3.63, 3.8) is 0 Å². The van der Waals surface area contributed by atoms with Crippen LogP contribution in [0.3, 0.4) is 0 Å². The highest BCUT2D eigenvalue weighted by molar-refractivity contribution is 5.83. The van der Waals surface area contributed by atoms with Gasteiger partial charge in [0.2, 0.25) is 5.79 Å². The number of carbonyl (C=O) groups is 3. The third-order valence-corrected chi connectivity index (χ3v) is 9.89. The number of ether oxygens (including phenoxy) is 8. The quantitative estimate of drug-likeness (QED) is 0.103. The lowest BCUT2D eigenvalue weighted by Crippen LogP contribution is -2.62. The van der Waals surface area contributed by atoms with Gasteiger partial charge in [0.1, 0.15) is 6.10 Å². The third-order valence-electron chi connectivity index (χ3n) is 9.89. The number of fused-ring (bicyclic) bond motifs is 6. The van der Waals surface area contributed by atoms with Gasteiger partial charge >= 0.3 is 17.9 Å².